The topological polar surface area (TPSA) is 100 Å². The van der Waals surface area contributed by atoms with E-state index >= 15 is 0 Å². The van der Waals surface area contributed by atoms with Crippen molar-refractivity contribution in [2.24, 2.45) is 0 Å². The Morgan fingerprint density at radius 2 is 1.64 bits per heavy atom. The normalized spacial score (nSPS) is 15.6. The number of amides is 2. The number of nitrogens with zero attached hydrogens (tertiary/aromatic N) is 4. The lowest BCUT2D eigenvalue weighted by molar-refractivity contribution is -0.137. The highest BCUT2D eigenvalue weighted by molar-refractivity contribution is 7.81. The molecular weight excluding hydrogens is 594 g/mol. The number of aryl methyl sites for hydroxylation is 1. The Kier molecular flexibility index (Phi) is 8.40. The first-order chi connectivity index (χ1) is 21.0. The maximum atomic E-state index is 13.7. The summed E-state index contributed by atoms with van der Waals surface area (Å²) >= 11 is 5.67. The summed E-state index contributed by atoms with van der Waals surface area (Å²) in [5.41, 5.74) is -0.312. The number of rotatable bonds is 8. The fourth-order valence-corrected chi connectivity index (χ4v) is 6.06. The lowest BCUT2D eigenvalue weighted by atomic mass is 9.75. The molecular formula is C32H25F4N5O2S. The Balaban J connectivity index is 1.27. The fraction of sp³-hybridized carbons (Fsp3) is 0.281. The second kappa shape index (κ2) is 12.1. The molecule has 3 aromatic rings. The fourth-order valence-electron chi connectivity index (χ4n) is 5.59. The highest BCUT2D eigenvalue weighted by Gasteiger charge is 2.59. The molecule has 1 aliphatic carbocycles. The van der Waals surface area contributed by atoms with E-state index in [1.165, 1.54) is 18.2 Å². The van der Waals surface area contributed by atoms with Gasteiger partial charge in [-0.2, -0.15) is 23.7 Å². The summed E-state index contributed by atoms with van der Waals surface area (Å²) in [6.45, 7) is -0.813. The molecule has 7 nitrogen and oxygen atoms in total. The van der Waals surface area contributed by atoms with Crippen LogP contribution in [0.4, 0.5) is 34.6 Å². The molecule has 0 unspecified atom stereocenters. The van der Waals surface area contributed by atoms with Crippen LogP contribution in [-0.4, -0.2) is 22.5 Å². The molecule has 0 bridgehead atoms. The molecule has 224 valence electrons. The van der Waals surface area contributed by atoms with Crippen LogP contribution in [0.15, 0.2) is 60.7 Å². The van der Waals surface area contributed by atoms with Gasteiger partial charge in [0, 0.05) is 23.4 Å². The highest BCUT2D eigenvalue weighted by Crippen LogP contribution is 2.48. The molecule has 2 fully saturated rings. The van der Waals surface area contributed by atoms with Crippen molar-refractivity contribution in [1.29, 1.82) is 10.5 Å². The number of alkyl halides is 4. The van der Waals surface area contributed by atoms with Crippen molar-refractivity contribution < 1.29 is 27.2 Å². The van der Waals surface area contributed by atoms with E-state index < -0.39 is 35.4 Å². The van der Waals surface area contributed by atoms with Gasteiger partial charge in [0.25, 0.3) is 5.91 Å². The number of nitriles is 2. The van der Waals surface area contributed by atoms with E-state index in [1.54, 1.807) is 29.2 Å². The molecule has 5 rings (SSSR count). The molecule has 1 saturated carbocycles. The first-order valence-electron chi connectivity index (χ1n) is 13.8. The number of hydrogen-bond donors (Lipinski definition) is 1. The van der Waals surface area contributed by atoms with Crippen molar-refractivity contribution >= 4 is 46.2 Å². The van der Waals surface area contributed by atoms with Gasteiger partial charge in [0.1, 0.15) is 12.2 Å². The minimum Gasteiger partial charge on any atom is -0.326 e. The zero-order valence-electron chi connectivity index (χ0n) is 23.2. The summed E-state index contributed by atoms with van der Waals surface area (Å²) in [5.74, 6) is -0.650. The zero-order chi connectivity index (χ0) is 31.6. The zero-order valence-corrected chi connectivity index (χ0v) is 24.1. The average molecular weight is 620 g/mol. The van der Waals surface area contributed by atoms with Crippen molar-refractivity contribution in [2.45, 2.75) is 56.9 Å². The van der Waals surface area contributed by atoms with E-state index in [0.717, 1.165) is 29.0 Å². The van der Waals surface area contributed by atoms with Gasteiger partial charge in [-0.05, 0) is 98.4 Å². The first kappa shape index (κ1) is 30.6. The van der Waals surface area contributed by atoms with Crippen LogP contribution in [0.1, 0.15) is 59.9 Å². The Bertz CT molecular complexity index is 1720. The molecule has 1 N–H and O–H groups in total. The van der Waals surface area contributed by atoms with E-state index in [4.69, 9.17) is 22.7 Å². The maximum absolute atomic E-state index is 13.7. The molecule has 3 aromatic carbocycles. The van der Waals surface area contributed by atoms with Crippen LogP contribution < -0.4 is 15.1 Å². The van der Waals surface area contributed by atoms with Crippen LogP contribution >= 0.6 is 12.2 Å². The van der Waals surface area contributed by atoms with Crippen molar-refractivity contribution in [2.75, 3.05) is 15.1 Å². The van der Waals surface area contributed by atoms with Gasteiger partial charge >= 0.3 is 6.18 Å². The SMILES string of the molecule is N#Cc1ccc(NC(=O)CCCc2ccc(N3C(=S)N(c4ccc(C#N)c(C(F)(F)F)c4)C(=O)C34CCC4)cc2)cc1CF. The number of halogens is 4. The van der Waals surface area contributed by atoms with Gasteiger partial charge in [-0.1, -0.05) is 12.1 Å². The summed E-state index contributed by atoms with van der Waals surface area (Å²) in [5, 5.41) is 21.0. The third-order valence-corrected chi connectivity index (χ3v) is 8.36. The number of anilines is 3. The second-order valence-electron chi connectivity index (χ2n) is 10.7. The van der Waals surface area contributed by atoms with Gasteiger partial charge in [-0.25, -0.2) is 4.39 Å². The van der Waals surface area contributed by atoms with Crippen molar-refractivity contribution in [1.82, 2.24) is 0 Å². The lowest BCUT2D eigenvalue weighted by Gasteiger charge is -2.43. The monoisotopic (exact) mass is 619 g/mol. The molecule has 0 aromatic heterocycles. The number of thiocarbonyl (C=S) groups is 1. The Hall–Kier alpha value is -4.81. The largest absolute Gasteiger partial charge is 0.417 e. The summed E-state index contributed by atoms with van der Waals surface area (Å²) in [6, 6.07) is 18.4. The van der Waals surface area contributed by atoms with Crippen LogP contribution in [-0.2, 0) is 28.9 Å². The Morgan fingerprint density at radius 3 is 2.23 bits per heavy atom. The Labute approximate surface area is 256 Å². The minimum atomic E-state index is -4.78. The smallest absolute Gasteiger partial charge is 0.326 e. The van der Waals surface area contributed by atoms with E-state index in [0.29, 0.717) is 37.1 Å². The van der Waals surface area contributed by atoms with E-state index in [-0.39, 0.29) is 34.3 Å². The molecule has 0 atom stereocenters. The lowest BCUT2D eigenvalue weighted by Crippen LogP contribution is -2.55. The maximum Gasteiger partial charge on any atom is 0.417 e. The molecule has 2 amide bonds. The van der Waals surface area contributed by atoms with Gasteiger partial charge in [0.2, 0.25) is 5.91 Å². The van der Waals surface area contributed by atoms with Gasteiger partial charge in [0.05, 0.1) is 34.5 Å². The summed E-state index contributed by atoms with van der Waals surface area (Å²) in [6.07, 6.45) is -1.73. The van der Waals surface area contributed by atoms with E-state index in [2.05, 4.69) is 5.32 Å². The predicted molar refractivity (Wildman–Crippen MR) is 159 cm³/mol. The molecule has 12 heteroatoms. The van der Waals surface area contributed by atoms with E-state index in [1.807, 2.05) is 18.2 Å². The number of hydrogen-bond acceptors (Lipinski definition) is 5. The summed E-state index contributed by atoms with van der Waals surface area (Å²) in [7, 11) is 0. The molecule has 44 heavy (non-hydrogen) atoms. The molecule has 2 aliphatic rings. The van der Waals surface area contributed by atoms with Gasteiger partial charge < -0.3 is 10.2 Å². The van der Waals surface area contributed by atoms with Gasteiger partial charge in [-0.15, -0.1) is 0 Å². The van der Waals surface area contributed by atoms with E-state index in [9.17, 15) is 27.2 Å². The van der Waals surface area contributed by atoms with Gasteiger partial charge in [-0.3, -0.25) is 14.5 Å². The highest BCUT2D eigenvalue weighted by atomic mass is 32.1. The van der Waals surface area contributed by atoms with Crippen LogP contribution in [0.2, 0.25) is 0 Å². The van der Waals surface area contributed by atoms with Crippen LogP contribution in [0, 0.1) is 22.7 Å². The third-order valence-electron chi connectivity index (χ3n) is 8.00. The number of carbonyl (C=O) groups is 2. The van der Waals surface area contributed by atoms with Gasteiger partial charge in [0.15, 0.2) is 5.11 Å². The second-order valence-corrected chi connectivity index (χ2v) is 11.0. The van der Waals surface area contributed by atoms with Crippen molar-refractivity contribution in [3.63, 3.8) is 0 Å². The Morgan fingerprint density at radius 1 is 0.977 bits per heavy atom. The molecule has 1 saturated heterocycles. The standard InChI is InChI=1S/C32H25F4N5O2S/c33-17-23-15-24(9-7-21(23)18-37)39-28(42)4-1-3-20-5-10-25(11-6-20)41-30(44)40(29(43)31(41)13-2-14-31)26-12-8-22(19-38)27(16-26)32(34,35)36/h5-12,15-16H,1-4,13-14,17H2,(H,39,42). The first-order valence-corrected chi connectivity index (χ1v) is 14.2. The minimum absolute atomic E-state index is 0.0445. The summed E-state index contributed by atoms with van der Waals surface area (Å²) in [4.78, 5) is 28.9. The predicted octanol–water partition coefficient (Wildman–Crippen LogP) is 6.94. The van der Waals surface area contributed by atoms with Crippen molar-refractivity contribution in [3.05, 3.63) is 88.5 Å². The number of carbonyl (C=O) groups excluding carboxylic acids is 2. The van der Waals surface area contributed by atoms with Crippen LogP contribution in [0.3, 0.4) is 0 Å². The van der Waals surface area contributed by atoms with Crippen LogP contribution in [0.25, 0.3) is 0 Å². The summed E-state index contributed by atoms with van der Waals surface area (Å²) < 4.78 is 54.1. The molecule has 1 spiro atoms. The quantitative estimate of drug-likeness (QED) is 0.217. The molecule has 1 aliphatic heterocycles. The number of benzene rings is 3. The third kappa shape index (κ3) is 5.61. The van der Waals surface area contributed by atoms with Crippen LogP contribution in [0.5, 0.6) is 0 Å². The number of nitrogens with one attached hydrogen (secondary N) is 1. The molecule has 0 radical (unpaired) electrons. The van der Waals surface area contributed by atoms with Crippen molar-refractivity contribution in [3.8, 4) is 12.1 Å². The average Bonchev–Trinajstić information content (AvgIpc) is 3.23. The molecule has 1 heterocycles.